The van der Waals surface area contributed by atoms with Gasteiger partial charge in [0.25, 0.3) is 0 Å². The van der Waals surface area contributed by atoms with E-state index in [0.29, 0.717) is 26.3 Å². The standard InChI is InChI=1S/C14H22N4O3/c1-3-21-9-14(4-5-14)13(19)18-7-10(12(8-18)20-2)11-6-15-17-16-11/h6,10,12H,3-5,7-9H2,1-2H3,(H,15,16,17)/t10-,12+/m0/s1. The third-order valence-corrected chi connectivity index (χ3v) is 4.56. The van der Waals surface area contributed by atoms with Crippen LogP contribution in [0.25, 0.3) is 0 Å². The molecule has 116 valence electrons. The molecule has 7 nitrogen and oxygen atoms in total. The van der Waals surface area contributed by atoms with Crippen molar-refractivity contribution in [1.82, 2.24) is 20.3 Å². The maximum atomic E-state index is 12.8. The molecule has 2 heterocycles. The van der Waals surface area contributed by atoms with Crippen molar-refractivity contribution in [3.05, 3.63) is 11.9 Å². The second-order valence-electron chi connectivity index (χ2n) is 5.90. The molecule has 0 unspecified atom stereocenters. The van der Waals surface area contributed by atoms with Gasteiger partial charge < -0.3 is 14.4 Å². The molecular weight excluding hydrogens is 272 g/mol. The van der Waals surface area contributed by atoms with Gasteiger partial charge in [0.2, 0.25) is 5.91 Å². The second kappa shape index (κ2) is 5.73. The van der Waals surface area contributed by atoms with Crippen molar-refractivity contribution in [3.63, 3.8) is 0 Å². The predicted octanol–water partition coefficient (Wildman–Crippen LogP) is 0.562. The molecular formula is C14H22N4O3. The first-order valence-electron chi connectivity index (χ1n) is 7.46. The lowest BCUT2D eigenvalue weighted by atomic mass is 10.0. The van der Waals surface area contributed by atoms with Crippen molar-refractivity contribution in [3.8, 4) is 0 Å². The zero-order valence-electron chi connectivity index (χ0n) is 12.5. The summed E-state index contributed by atoms with van der Waals surface area (Å²) in [4.78, 5) is 14.7. The highest BCUT2D eigenvalue weighted by molar-refractivity contribution is 5.86. The molecule has 2 atom stereocenters. The Bertz CT molecular complexity index is 486. The van der Waals surface area contributed by atoms with E-state index < -0.39 is 0 Å². The minimum Gasteiger partial charge on any atom is -0.381 e. The minimum absolute atomic E-state index is 0.0260. The molecule has 2 fully saturated rings. The number of carbonyl (C=O) groups excluding carboxylic acids is 1. The Morgan fingerprint density at radius 2 is 2.33 bits per heavy atom. The molecule has 1 aliphatic heterocycles. The van der Waals surface area contributed by atoms with Crippen molar-refractivity contribution < 1.29 is 14.3 Å². The average Bonchev–Trinajstić information content (AvgIpc) is 2.93. The van der Waals surface area contributed by atoms with Crippen LogP contribution in [-0.4, -0.2) is 65.7 Å². The summed E-state index contributed by atoms with van der Waals surface area (Å²) in [6.45, 7) is 4.39. The highest BCUT2D eigenvalue weighted by atomic mass is 16.5. The number of aromatic nitrogens is 3. The lowest BCUT2D eigenvalue weighted by Crippen LogP contribution is -2.38. The maximum absolute atomic E-state index is 12.8. The molecule has 1 saturated carbocycles. The first-order valence-corrected chi connectivity index (χ1v) is 7.46. The number of carbonyl (C=O) groups is 1. The van der Waals surface area contributed by atoms with Gasteiger partial charge in [0.15, 0.2) is 0 Å². The number of hydrogen-bond donors (Lipinski definition) is 1. The smallest absolute Gasteiger partial charge is 0.231 e. The van der Waals surface area contributed by atoms with Gasteiger partial charge in [0.05, 0.1) is 35.9 Å². The summed E-state index contributed by atoms with van der Waals surface area (Å²) in [5, 5.41) is 10.6. The molecule has 7 heteroatoms. The first kappa shape index (κ1) is 14.5. The fraction of sp³-hybridized carbons (Fsp3) is 0.786. The number of hydrogen-bond acceptors (Lipinski definition) is 5. The third kappa shape index (κ3) is 2.67. The Morgan fingerprint density at radius 3 is 2.90 bits per heavy atom. The van der Waals surface area contributed by atoms with Gasteiger partial charge in [-0.05, 0) is 19.8 Å². The molecule has 1 aromatic heterocycles. The predicted molar refractivity (Wildman–Crippen MR) is 74.7 cm³/mol. The second-order valence-corrected chi connectivity index (χ2v) is 5.90. The van der Waals surface area contributed by atoms with E-state index in [1.807, 2.05) is 11.8 Å². The maximum Gasteiger partial charge on any atom is 0.231 e. The molecule has 0 bridgehead atoms. The first-order chi connectivity index (χ1) is 10.2. The van der Waals surface area contributed by atoms with Crippen LogP contribution in [0.3, 0.4) is 0 Å². The molecule has 3 rings (SSSR count). The molecule has 21 heavy (non-hydrogen) atoms. The van der Waals surface area contributed by atoms with Crippen LogP contribution in [0.1, 0.15) is 31.4 Å². The molecule has 0 radical (unpaired) electrons. The van der Waals surface area contributed by atoms with Crippen molar-refractivity contribution in [2.75, 3.05) is 33.4 Å². The van der Waals surface area contributed by atoms with Crippen LogP contribution in [0.4, 0.5) is 0 Å². The van der Waals surface area contributed by atoms with Crippen LogP contribution >= 0.6 is 0 Å². The quantitative estimate of drug-likeness (QED) is 0.829. The fourth-order valence-electron chi connectivity index (χ4n) is 3.06. The fourth-order valence-corrected chi connectivity index (χ4v) is 3.06. The van der Waals surface area contributed by atoms with Crippen LogP contribution in [0.2, 0.25) is 0 Å². The Labute approximate surface area is 124 Å². The van der Waals surface area contributed by atoms with E-state index in [1.165, 1.54) is 0 Å². The summed E-state index contributed by atoms with van der Waals surface area (Å²) in [5.41, 5.74) is 0.569. The van der Waals surface area contributed by atoms with Gasteiger partial charge in [-0.25, -0.2) is 0 Å². The van der Waals surface area contributed by atoms with E-state index in [4.69, 9.17) is 9.47 Å². The van der Waals surface area contributed by atoms with Crippen molar-refractivity contribution in [2.24, 2.45) is 5.41 Å². The van der Waals surface area contributed by atoms with Crippen molar-refractivity contribution in [2.45, 2.75) is 31.8 Å². The average molecular weight is 294 g/mol. The Morgan fingerprint density at radius 1 is 1.52 bits per heavy atom. The number of methoxy groups -OCH3 is 1. The molecule has 1 aromatic rings. The number of H-pyrrole nitrogens is 1. The molecule has 1 aliphatic carbocycles. The lowest BCUT2D eigenvalue weighted by molar-refractivity contribution is -0.138. The summed E-state index contributed by atoms with van der Waals surface area (Å²) >= 11 is 0. The third-order valence-electron chi connectivity index (χ3n) is 4.56. The highest BCUT2D eigenvalue weighted by Gasteiger charge is 2.54. The zero-order chi connectivity index (χ0) is 14.9. The monoisotopic (exact) mass is 294 g/mol. The minimum atomic E-state index is -0.285. The molecule has 2 aliphatic rings. The summed E-state index contributed by atoms with van der Waals surface area (Å²) in [5.74, 6) is 0.282. The Balaban J connectivity index is 1.69. The van der Waals surface area contributed by atoms with E-state index >= 15 is 0 Å². The Hall–Kier alpha value is -1.47. The van der Waals surface area contributed by atoms with Gasteiger partial charge in [0.1, 0.15) is 0 Å². The normalized spacial score (nSPS) is 27.0. The Kier molecular flexibility index (Phi) is 3.95. The van der Waals surface area contributed by atoms with Crippen LogP contribution in [0, 0.1) is 5.41 Å². The number of nitrogens with one attached hydrogen (secondary N) is 1. The van der Waals surface area contributed by atoms with Gasteiger partial charge in [-0.1, -0.05) is 0 Å². The van der Waals surface area contributed by atoms with E-state index in [2.05, 4.69) is 15.4 Å². The summed E-state index contributed by atoms with van der Waals surface area (Å²) in [6.07, 6.45) is 3.53. The summed E-state index contributed by atoms with van der Waals surface area (Å²) < 4.78 is 11.0. The van der Waals surface area contributed by atoms with Crippen molar-refractivity contribution in [1.29, 1.82) is 0 Å². The number of aromatic amines is 1. The topological polar surface area (TPSA) is 80.3 Å². The van der Waals surface area contributed by atoms with Crippen LogP contribution in [0.15, 0.2) is 6.20 Å². The lowest BCUT2D eigenvalue weighted by Gasteiger charge is -2.22. The van der Waals surface area contributed by atoms with E-state index in [9.17, 15) is 4.79 Å². The van der Waals surface area contributed by atoms with Gasteiger partial charge in [0, 0.05) is 26.8 Å². The van der Waals surface area contributed by atoms with Crippen LogP contribution in [0.5, 0.6) is 0 Å². The molecule has 1 saturated heterocycles. The zero-order valence-corrected chi connectivity index (χ0v) is 12.5. The van der Waals surface area contributed by atoms with Gasteiger partial charge in [-0.2, -0.15) is 15.4 Å². The van der Waals surface area contributed by atoms with Gasteiger partial charge >= 0.3 is 0 Å². The number of rotatable bonds is 6. The highest BCUT2D eigenvalue weighted by Crippen LogP contribution is 2.48. The molecule has 0 spiro atoms. The van der Waals surface area contributed by atoms with Crippen molar-refractivity contribution >= 4 is 5.91 Å². The number of amides is 1. The molecule has 0 aromatic carbocycles. The van der Waals surface area contributed by atoms with E-state index in [-0.39, 0.29) is 23.3 Å². The van der Waals surface area contributed by atoms with E-state index in [0.717, 1.165) is 18.5 Å². The SMILES string of the molecule is CCOCC1(C(=O)N2C[C@@H](OC)[C@H](c3cn[nH]n3)C2)CC1. The van der Waals surface area contributed by atoms with Gasteiger partial charge in [-0.3, -0.25) is 4.79 Å². The van der Waals surface area contributed by atoms with E-state index in [1.54, 1.807) is 13.3 Å². The molecule has 1 amide bonds. The van der Waals surface area contributed by atoms with Gasteiger partial charge in [-0.15, -0.1) is 0 Å². The molecule has 1 N–H and O–H groups in total. The number of likely N-dealkylation sites (tertiary alicyclic amines) is 1. The summed E-state index contributed by atoms with van der Waals surface area (Å²) in [7, 11) is 1.68. The number of ether oxygens (including phenoxy) is 2. The van der Waals surface area contributed by atoms with Crippen LogP contribution in [-0.2, 0) is 14.3 Å². The largest absolute Gasteiger partial charge is 0.381 e. The van der Waals surface area contributed by atoms with Crippen LogP contribution < -0.4 is 0 Å². The summed E-state index contributed by atoms with van der Waals surface area (Å²) in [6, 6.07) is 0. The number of nitrogens with zero attached hydrogens (tertiary/aromatic N) is 3.